The number of carboxylic acid groups (broad SMARTS) is 1. The number of rotatable bonds is 9. The van der Waals surface area contributed by atoms with Crippen molar-refractivity contribution in [1.82, 2.24) is 10.2 Å². The first-order valence-corrected chi connectivity index (χ1v) is 7.93. The summed E-state index contributed by atoms with van der Waals surface area (Å²) < 4.78 is 0. The summed E-state index contributed by atoms with van der Waals surface area (Å²) in [5, 5.41) is 30.0. The fourth-order valence-corrected chi connectivity index (χ4v) is 2.19. The van der Waals surface area contributed by atoms with Crippen LogP contribution in [0.5, 0.6) is 0 Å². The Labute approximate surface area is 147 Å². The van der Waals surface area contributed by atoms with Crippen molar-refractivity contribution in [2.45, 2.75) is 26.4 Å². The minimum absolute atomic E-state index is 0.145. The number of hydrogen-bond acceptors (Lipinski definition) is 5. The van der Waals surface area contributed by atoms with Crippen molar-refractivity contribution in [3.8, 4) is 6.07 Å². The number of carbonyl (C=O) groups is 2. The van der Waals surface area contributed by atoms with Gasteiger partial charge in [-0.15, -0.1) is 0 Å². The van der Waals surface area contributed by atoms with Crippen LogP contribution in [0.3, 0.4) is 0 Å². The van der Waals surface area contributed by atoms with Gasteiger partial charge in [-0.2, -0.15) is 5.26 Å². The van der Waals surface area contributed by atoms with Crippen LogP contribution < -0.4 is 5.32 Å². The van der Waals surface area contributed by atoms with Crippen molar-refractivity contribution < 1.29 is 19.8 Å². The molecule has 1 amide bonds. The fourth-order valence-electron chi connectivity index (χ4n) is 2.19. The molecule has 0 bridgehead atoms. The molecule has 0 aliphatic carbocycles. The van der Waals surface area contributed by atoms with Crippen LogP contribution in [0.1, 0.15) is 19.4 Å². The third kappa shape index (κ3) is 6.65. The Morgan fingerprint density at radius 3 is 2.44 bits per heavy atom. The number of nitriles is 1. The quantitative estimate of drug-likeness (QED) is 0.456. The van der Waals surface area contributed by atoms with Gasteiger partial charge < -0.3 is 20.4 Å². The summed E-state index contributed by atoms with van der Waals surface area (Å²) in [6.45, 7) is 3.84. The topological polar surface area (TPSA) is 114 Å². The molecule has 0 saturated carbocycles. The lowest BCUT2D eigenvalue weighted by molar-refractivity contribution is -0.142. The van der Waals surface area contributed by atoms with Crippen LogP contribution in [-0.2, 0) is 16.1 Å². The van der Waals surface area contributed by atoms with Gasteiger partial charge in [-0.05, 0) is 11.5 Å². The Kier molecular flexibility index (Phi) is 8.16. The Balaban J connectivity index is 2.94. The fraction of sp³-hybridized carbons (Fsp3) is 0.389. The highest BCUT2D eigenvalue weighted by atomic mass is 16.4. The molecule has 25 heavy (non-hydrogen) atoms. The third-order valence-electron chi connectivity index (χ3n) is 3.51. The Hall–Kier alpha value is -2.85. The van der Waals surface area contributed by atoms with E-state index in [1.54, 1.807) is 24.8 Å². The molecule has 1 rings (SSSR count). The second kappa shape index (κ2) is 10.1. The van der Waals surface area contributed by atoms with Crippen molar-refractivity contribution in [3.05, 3.63) is 47.7 Å². The lowest BCUT2D eigenvalue weighted by Crippen LogP contribution is -2.45. The molecular formula is C18H23N3O4. The number of aliphatic hydroxyl groups excluding tert-OH is 1. The average Bonchev–Trinajstić information content (AvgIpc) is 2.57. The lowest BCUT2D eigenvalue weighted by atomic mass is 10.0. The molecule has 134 valence electrons. The number of amides is 1. The van der Waals surface area contributed by atoms with E-state index in [9.17, 15) is 20.0 Å². The predicted octanol–water partition coefficient (Wildman–Crippen LogP) is 1.11. The van der Waals surface area contributed by atoms with Gasteiger partial charge in [0, 0.05) is 19.3 Å². The molecule has 1 aromatic rings. The zero-order chi connectivity index (χ0) is 18.8. The molecule has 3 N–H and O–H groups in total. The molecule has 0 fully saturated rings. The SMILES string of the molecule is CC(C)C(NC(=O)/C(C#N)=C\N(CCO)Cc1ccccc1)C(=O)O. The van der Waals surface area contributed by atoms with E-state index in [2.05, 4.69) is 5.32 Å². The first kappa shape index (κ1) is 20.2. The predicted molar refractivity (Wildman–Crippen MR) is 92.0 cm³/mol. The highest BCUT2D eigenvalue weighted by Crippen LogP contribution is 2.08. The number of hydrogen-bond donors (Lipinski definition) is 3. The van der Waals surface area contributed by atoms with Crippen LogP contribution in [-0.4, -0.2) is 46.2 Å². The van der Waals surface area contributed by atoms with Gasteiger partial charge >= 0.3 is 5.97 Å². The highest BCUT2D eigenvalue weighted by Gasteiger charge is 2.25. The molecule has 1 aromatic carbocycles. The largest absolute Gasteiger partial charge is 0.480 e. The maximum absolute atomic E-state index is 12.2. The van der Waals surface area contributed by atoms with E-state index >= 15 is 0 Å². The van der Waals surface area contributed by atoms with Crippen LogP contribution in [0.2, 0.25) is 0 Å². The third-order valence-corrected chi connectivity index (χ3v) is 3.51. The van der Waals surface area contributed by atoms with E-state index in [-0.39, 0.29) is 24.6 Å². The zero-order valence-electron chi connectivity index (χ0n) is 14.3. The molecule has 0 aliphatic heterocycles. The van der Waals surface area contributed by atoms with Crippen LogP contribution >= 0.6 is 0 Å². The number of aliphatic hydroxyl groups is 1. The second-order valence-electron chi connectivity index (χ2n) is 5.87. The summed E-state index contributed by atoms with van der Waals surface area (Å²) in [4.78, 5) is 25.1. The monoisotopic (exact) mass is 345 g/mol. The van der Waals surface area contributed by atoms with Crippen molar-refractivity contribution in [2.24, 2.45) is 5.92 Å². The second-order valence-corrected chi connectivity index (χ2v) is 5.87. The summed E-state index contributed by atoms with van der Waals surface area (Å²) in [5.74, 6) is -2.23. The van der Waals surface area contributed by atoms with Crippen LogP contribution in [0, 0.1) is 17.2 Å². The van der Waals surface area contributed by atoms with Gasteiger partial charge in [-0.25, -0.2) is 4.79 Å². The van der Waals surface area contributed by atoms with Crippen molar-refractivity contribution >= 4 is 11.9 Å². The maximum Gasteiger partial charge on any atom is 0.326 e. The molecule has 0 saturated heterocycles. The molecular weight excluding hydrogens is 322 g/mol. The van der Waals surface area contributed by atoms with Gasteiger partial charge in [-0.1, -0.05) is 44.2 Å². The van der Waals surface area contributed by atoms with E-state index in [0.29, 0.717) is 6.54 Å². The number of benzene rings is 1. The number of carboxylic acids is 1. The van der Waals surface area contributed by atoms with Gasteiger partial charge in [0.2, 0.25) is 0 Å². The molecule has 0 aromatic heterocycles. The van der Waals surface area contributed by atoms with Crippen molar-refractivity contribution in [3.63, 3.8) is 0 Å². The molecule has 0 radical (unpaired) electrons. The van der Waals surface area contributed by atoms with E-state index in [0.717, 1.165) is 5.56 Å². The molecule has 0 heterocycles. The molecule has 1 atom stereocenters. The number of nitrogens with zero attached hydrogens (tertiary/aromatic N) is 2. The molecule has 0 spiro atoms. The Bertz CT molecular complexity index is 650. The highest BCUT2D eigenvalue weighted by molar-refractivity contribution is 5.99. The summed E-state index contributed by atoms with van der Waals surface area (Å²) in [6.07, 6.45) is 1.35. The van der Waals surface area contributed by atoms with E-state index < -0.39 is 17.9 Å². The summed E-state index contributed by atoms with van der Waals surface area (Å²) in [7, 11) is 0. The normalized spacial score (nSPS) is 12.4. The number of aliphatic carboxylic acids is 1. The van der Waals surface area contributed by atoms with Crippen molar-refractivity contribution in [2.75, 3.05) is 13.2 Å². The van der Waals surface area contributed by atoms with Crippen LogP contribution in [0.4, 0.5) is 0 Å². The molecule has 7 nitrogen and oxygen atoms in total. The van der Waals surface area contributed by atoms with Crippen LogP contribution in [0.25, 0.3) is 0 Å². The lowest BCUT2D eigenvalue weighted by Gasteiger charge is -2.21. The molecule has 0 aliphatic rings. The molecule has 7 heteroatoms. The van der Waals surface area contributed by atoms with Gasteiger partial charge in [0.25, 0.3) is 5.91 Å². The standard InChI is InChI=1S/C18H23N3O4/c1-13(2)16(18(24)25)20-17(23)15(10-19)12-21(8-9-22)11-14-6-4-3-5-7-14/h3-7,12-13,16,22H,8-9,11H2,1-2H3,(H,20,23)(H,24,25)/b15-12-. The van der Waals surface area contributed by atoms with Gasteiger partial charge in [-0.3, -0.25) is 4.79 Å². The smallest absolute Gasteiger partial charge is 0.326 e. The van der Waals surface area contributed by atoms with Gasteiger partial charge in [0.1, 0.15) is 17.7 Å². The Morgan fingerprint density at radius 1 is 1.32 bits per heavy atom. The average molecular weight is 345 g/mol. The van der Waals surface area contributed by atoms with E-state index in [1.807, 2.05) is 30.3 Å². The summed E-state index contributed by atoms with van der Waals surface area (Å²) in [5.41, 5.74) is 0.742. The van der Waals surface area contributed by atoms with Gasteiger partial charge in [0.15, 0.2) is 0 Å². The number of carbonyl (C=O) groups excluding carboxylic acids is 1. The Morgan fingerprint density at radius 2 is 1.96 bits per heavy atom. The molecule has 1 unspecified atom stereocenters. The maximum atomic E-state index is 12.2. The number of nitrogens with one attached hydrogen (secondary N) is 1. The minimum Gasteiger partial charge on any atom is -0.480 e. The summed E-state index contributed by atoms with van der Waals surface area (Å²) >= 11 is 0. The van der Waals surface area contributed by atoms with E-state index in [1.165, 1.54) is 6.20 Å². The van der Waals surface area contributed by atoms with E-state index in [4.69, 9.17) is 5.11 Å². The van der Waals surface area contributed by atoms with Crippen molar-refractivity contribution in [1.29, 1.82) is 5.26 Å². The minimum atomic E-state index is -1.16. The van der Waals surface area contributed by atoms with Crippen LogP contribution in [0.15, 0.2) is 42.1 Å². The zero-order valence-corrected chi connectivity index (χ0v) is 14.3. The van der Waals surface area contributed by atoms with Gasteiger partial charge in [0.05, 0.1) is 6.61 Å². The summed E-state index contributed by atoms with van der Waals surface area (Å²) in [6, 6.07) is 10.1. The first-order valence-electron chi connectivity index (χ1n) is 7.93. The first-order chi connectivity index (χ1) is 11.9.